The molecule has 2 unspecified atom stereocenters. The number of amidine groups is 1. The maximum atomic E-state index is 4.58. The van der Waals surface area contributed by atoms with Crippen molar-refractivity contribution in [3.8, 4) is 0 Å². The molecule has 96 valence electrons. The van der Waals surface area contributed by atoms with Crippen LogP contribution < -0.4 is 5.43 Å². The fraction of sp³-hybridized carbons (Fsp3) is 0.846. The number of hydrogen-bond donors (Lipinski definition) is 1. The Balaban J connectivity index is 1.80. The van der Waals surface area contributed by atoms with E-state index >= 15 is 0 Å². The highest BCUT2D eigenvalue weighted by molar-refractivity contribution is 5.92. The Morgan fingerprint density at radius 1 is 1.35 bits per heavy atom. The van der Waals surface area contributed by atoms with Crippen LogP contribution in [0.3, 0.4) is 0 Å². The van der Waals surface area contributed by atoms with Crippen LogP contribution in [-0.2, 0) is 0 Å². The summed E-state index contributed by atoms with van der Waals surface area (Å²) >= 11 is 0. The van der Waals surface area contributed by atoms with Gasteiger partial charge in [-0.2, -0.15) is 10.2 Å². The van der Waals surface area contributed by atoms with Crippen LogP contribution in [0, 0.1) is 11.8 Å². The quantitative estimate of drug-likeness (QED) is 0.746. The van der Waals surface area contributed by atoms with Crippen LogP contribution in [-0.4, -0.2) is 22.7 Å². The van der Waals surface area contributed by atoms with Gasteiger partial charge in [0.2, 0.25) is 0 Å². The summed E-state index contributed by atoms with van der Waals surface area (Å²) in [5, 5.41) is 11.1. The second-order valence-corrected chi connectivity index (χ2v) is 5.62. The number of rotatable bonds is 5. The van der Waals surface area contributed by atoms with Crippen LogP contribution in [0.15, 0.2) is 10.2 Å². The molecule has 0 aromatic rings. The molecule has 0 aromatic heterocycles. The van der Waals surface area contributed by atoms with Gasteiger partial charge >= 0.3 is 0 Å². The Morgan fingerprint density at radius 2 is 2.12 bits per heavy atom. The number of unbranched alkanes of at least 4 members (excludes halogenated alkanes) is 1. The minimum Gasteiger partial charge on any atom is -0.283 e. The highest BCUT2D eigenvalue weighted by atomic mass is 15.7. The first-order chi connectivity index (χ1) is 8.09. The molecule has 1 N–H and O–H groups in total. The van der Waals surface area contributed by atoms with Crippen LogP contribution >= 0.6 is 0 Å². The number of nitrogens with zero attached hydrogens (tertiary/aromatic N) is 3. The molecule has 0 aromatic carbocycles. The zero-order valence-corrected chi connectivity index (χ0v) is 11.4. The van der Waals surface area contributed by atoms with Gasteiger partial charge in [0.1, 0.15) is 12.0 Å². The maximum Gasteiger partial charge on any atom is 0.147 e. The molecule has 4 nitrogen and oxygen atoms in total. The molecule has 4 heteroatoms. The Kier molecular flexibility index (Phi) is 3.69. The molecule has 2 rings (SSSR count). The molecule has 0 fully saturated rings. The lowest BCUT2D eigenvalue weighted by Crippen LogP contribution is -2.37. The molecule has 2 aliphatic heterocycles. The summed E-state index contributed by atoms with van der Waals surface area (Å²) in [7, 11) is 0. The van der Waals surface area contributed by atoms with Crippen molar-refractivity contribution in [3.63, 3.8) is 0 Å². The molecule has 0 amide bonds. The standard InChI is InChI=1S/C13H24N4/c1-9(2)7-5-6-8-12-14-15-13-10(3)11(4)16-17(12)13/h9-10,13,15H,5-8H2,1-4H3. The summed E-state index contributed by atoms with van der Waals surface area (Å²) in [6.07, 6.45) is 5.12. The molecule has 17 heavy (non-hydrogen) atoms. The van der Waals surface area contributed by atoms with Crippen molar-refractivity contribution < 1.29 is 0 Å². The molecule has 2 heterocycles. The number of hydrogen-bond acceptors (Lipinski definition) is 4. The topological polar surface area (TPSA) is 40.0 Å². The Morgan fingerprint density at radius 3 is 2.82 bits per heavy atom. The molecule has 2 atom stereocenters. The van der Waals surface area contributed by atoms with Gasteiger partial charge in [0.25, 0.3) is 0 Å². The third-order valence-electron chi connectivity index (χ3n) is 3.68. The van der Waals surface area contributed by atoms with E-state index in [0.717, 1.165) is 18.2 Å². The lowest BCUT2D eigenvalue weighted by molar-refractivity contribution is 0.301. The SMILES string of the molecule is CC1=NN2C(CCCCC(C)C)=NNC2C1C. The third-order valence-corrected chi connectivity index (χ3v) is 3.68. The van der Waals surface area contributed by atoms with Crippen molar-refractivity contribution in [2.24, 2.45) is 22.0 Å². The molecule has 0 radical (unpaired) electrons. The molecule has 2 aliphatic rings. The van der Waals surface area contributed by atoms with Crippen molar-refractivity contribution in [1.29, 1.82) is 0 Å². The molecule has 0 saturated heterocycles. The Hall–Kier alpha value is -1.06. The van der Waals surface area contributed by atoms with Gasteiger partial charge in [0.15, 0.2) is 0 Å². The summed E-state index contributed by atoms with van der Waals surface area (Å²) in [4.78, 5) is 0. The van der Waals surface area contributed by atoms with E-state index in [4.69, 9.17) is 0 Å². The van der Waals surface area contributed by atoms with Gasteiger partial charge in [-0.3, -0.25) is 5.43 Å². The molecular formula is C13H24N4. The number of hydrazone groups is 2. The first-order valence-corrected chi connectivity index (χ1v) is 6.76. The molecule has 0 spiro atoms. The molecular weight excluding hydrogens is 212 g/mol. The van der Waals surface area contributed by atoms with Crippen LogP contribution in [0.2, 0.25) is 0 Å². The van der Waals surface area contributed by atoms with Gasteiger partial charge in [-0.15, -0.1) is 0 Å². The largest absolute Gasteiger partial charge is 0.283 e. The van der Waals surface area contributed by atoms with E-state index in [-0.39, 0.29) is 6.17 Å². The normalized spacial score (nSPS) is 27.0. The summed E-state index contributed by atoms with van der Waals surface area (Å²) < 4.78 is 0. The molecule has 0 bridgehead atoms. The van der Waals surface area contributed by atoms with Crippen LogP contribution in [0.1, 0.15) is 53.4 Å². The predicted octanol–water partition coefficient (Wildman–Crippen LogP) is 2.77. The average molecular weight is 236 g/mol. The summed E-state index contributed by atoms with van der Waals surface area (Å²) in [6, 6.07) is 0. The fourth-order valence-corrected chi connectivity index (χ4v) is 2.35. The van der Waals surface area contributed by atoms with E-state index in [0.29, 0.717) is 5.92 Å². The zero-order valence-electron chi connectivity index (χ0n) is 11.4. The van der Waals surface area contributed by atoms with Crippen molar-refractivity contribution in [2.45, 2.75) is 59.5 Å². The van der Waals surface area contributed by atoms with Gasteiger partial charge in [-0.05, 0) is 19.3 Å². The zero-order chi connectivity index (χ0) is 12.4. The van der Waals surface area contributed by atoms with E-state index in [1.165, 1.54) is 25.0 Å². The minimum absolute atomic E-state index is 0.273. The highest BCUT2D eigenvalue weighted by Gasteiger charge is 2.37. The lowest BCUT2D eigenvalue weighted by Gasteiger charge is -2.18. The van der Waals surface area contributed by atoms with Crippen LogP contribution in [0.4, 0.5) is 0 Å². The molecule has 0 aliphatic carbocycles. The fourth-order valence-electron chi connectivity index (χ4n) is 2.35. The second-order valence-electron chi connectivity index (χ2n) is 5.62. The van der Waals surface area contributed by atoms with Crippen LogP contribution in [0.25, 0.3) is 0 Å². The average Bonchev–Trinajstić information content (AvgIpc) is 2.77. The van der Waals surface area contributed by atoms with Gasteiger partial charge in [-0.1, -0.05) is 33.6 Å². The molecule has 0 saturated carbocycles. The van der Waals surface area contributed by atoms with E-state index in [1.54, 1.807) is 0 Å². The van der Waals surface area contributed by atoms with Crippen molar-refractivity contribution >= 4 is 11.5 Å². The van der Waals surface area contributed by atoms with E-state index in [9.17, 15) is 0 Å². The van der Waals surface area contributed by atoms with Gasteiger partial charge in [0, 0.05) is 18.1 Å². The van der Waals surface area contributed by atoms with Gasteiger partial charge < -0.3 is 0 Å². The van der Waals surface area contributed by atoms with Crippen molar-refractivity contribution in [3.05, 3.63) is 0 Å². The maximum absolute atomic E-state index is 4.58. The summed E-state index contributed by atoms with van der Waals surface area (Å²) in [5.41, 5.74) is 4.40. The van der Waals surface area contributed by atoms with Crippen LogP contribution in [0.5, 0.6) is 0 Å². The van der Waals surface area contributed by atoms with E-state index < -0.39 is 0 Å². The smallest absolute Gasteiger partial charge is 0.147 e. The monoisotopic (exact) mass is 236 g/mol. The van der Waals surface area contributed by atoms with Crippen molar-refractivity contribution in [1.82, 2.24) is 10.4 Å². The van der Waals surface area contributed by atoms with E-state index in [1.807, 2.05) is 0 Å². The van der Waals surface area contributed by atoms with E-state index in [2.05, 4.69) is 48.3 Å². The predicted molar refractivity (Wildman–Crippen MR) is 71.8 cm³/mol. The minimum atomic E-state index is 0.273. The third kappa shape index (κ3) is 2.61. The first-order valence-electron chi connectivity index (χ1n) is 6.76. The Bertz CT molecular complexity index is 332. The first kappa shape index (κ1) is 12.4. The number of nitrogens with one attached hydrogen (secondary N) is 1. The second kappa shape index (κ2) is 5.07. The summed E-state index contributed by atoms with van der Waals surface area (Å²) in [5.74, 6) is 2.38. The van der Waals surface area contributed by atoms with Crippen molar-refractivity contribution in [2.75, 3.05) is 0 Å². The summed E-state index contributed by atoms with van der Waals surface area (Å²) in [6.45, 7) is 8.86. The van der Waals surface area contributed by atoms with Gasteiger partial charge in [-0.25, -0.2) is 5.01 Å². The lowest BCUT2D eigenvalue weighted by atomic mass is 10.0. The van der Waals surface area contributed by atoms with Gasteiger partial charge in [0.05, 0.1) is 0 Å². The Labute approximate surface area is 104 Å². The number of fused-ring (bicyclic) bond motifs is 1. The highest BCUT2D eigenvalue weighted by Crippen LogP contribution is 2.25.